The summed E-state index contributed by atoms with van der Waals surface area (Å²) in [4.78, 5) is 8.67. The molecule has 0 unspecified atom stereocenters. The number of aliphatic imine (C=N–C) groups is 1. The molecule has 1 aliphatic carbocycles. The second-order valence-corrected chi connectivity index (χ2v) is 6.34. The third-order valence-corrected chi connectivity index (χ3v) is 4.44. The lowest BCUT2D eigenvalue weighted by Gasteiger charge is -2.16. The summed E-state index contributed by atoms with van der Waals surface area (Å²) in [5.74, 6) is 2.84. The molecule has 1 aliphatic rings. The minimum atomic E-state index is 0.540. The number of ether oxygens (including phenoxy) is 2. The summed E-state index contributed by atoms with van der Waals surface area (Å²) >= 11 is 0. The van der Waals surface area contributed by atoms with E-state index in [-0.39, 0.29) is 0 Å². The van der Waals surface area contributed by atoms with Crippen molar-refractivity contribution in [2.24, 2.45) is 4.99 Å². The highest BCUT2D eigenvalue weighted by Crippen LogP contribution is 2.23. The average molecular weight is 354 g/mol. The normalized spacial score (nSPS) is 14.9. The van der Waals surface area contributed by atoms with Gasteiger partial charge in [-0.2, -0.15) is 0 Å². The second kappa shape index (κ2) is 9.08. The Hall–Kier alpha value is -2.76. The van der Waals surface area contributed by atoms with Gasteiger partial charge in [0, 0.05) is 38.0 Å². The molecule has 0 aliphatic heterocycles. The van der Waals surface area contributed by atoms with Crippen molar-refractivity contribution in [2.75, 3.05) is 14.2 Å². The van der Waals surface area contributed by atoms with Gasteiger partial charge in [-0.15, -0.1) is 0 Å². The van der Waals surface area contributed by atoms with Gasteiger partial charge < -0.3 is 20.1 Å². The zero-order chi connectivity index (χ0) is 18.2. The van der Waals surface area contributed by atoms with Crippen LogP contribution < -0.4 is 20.1 Å². The number of nitrogens with zero attached hydrogens (tertiary/aromatic N) is 2. The largest absolute Gasteiger partial charge is 0.497 e. The molecule has 2 N–H and O–H groups in total. The van der Waals surface area contributed by atoms with Gasteiger partial charge in [0.25, 0.3) is 0 Å². The van der Waals surface area contributed by atoms with Gasteiger partial charge in [-0.3, -0.25) is 4.99 Å². The summed E-state index contributed by atoms with van der Waals surface area (Å²) in [5.41, 5.74) is 1.07. The summed E-state index contributed by atoms with van der Waals surface area (Å²) in [6, 6.07) is 11.9. The van der Waals surface area contributed by atoms with Crippen LogP contribution in [-0.4, -0.2) is 31.1 Å². The number of pyridine rings is 1. The van der Waals surface area contributed by atoms with Gasteiger partial charge >= 0.3 is 0 Å². The zero-order valence-electron chi connectivity index (χ0n) is 15.4. The first-order valence-corrected chi connectivity index (χ1v) is 9.01. The first kappa shape index (κ1) is 18.0. The van der Waals surface area contributed by atoms with Crippen molar-refractivity contribution < 1.29 is 9.47 Å². The number of hydrogen-bond acceptors (Lipinski definition) is 4. The van der Waals surface area contributed by atoms with Crippen molar-refractivity contribution in [3.8, 4) is 17.4 Å². The third-order valence-electron chi connectivity index (χ3n) is 4.44. The monoisotopic (exact) mass is 354 g/mol. The molecule has 1 aromatic heterocycles. The molecular formula is C20H26N4O2. The molecule has 138 valence electrons. The molecule has 0 atom stereocenters. The molecule has 1 saturated carbocycles. The van der Waals surface area contributed by atoms with Crippen molar-refractivity contribution in [1.29, 1.82) is 0 Å². The maximum atomic E-state index is 5.76. The van der Waals surface area contributed by atoms with Crippen LogP contribution in [0.5, 0.6) is 17.4 Å². The summed E-state index contributed by atoms with van der Waals surface area (Å²) in [5, 5.41) is 6.81. The molecule has 6 heteroatoms. The van der Waals surface area contributed by atoms with Crippen LogP contribution in [0.1, 0.15) is 31.2 Å². The Bertz CT molecular complexity index is 725. The van der Waals surface area contributed by atoms with Crippen molar-refractivity contribution in [3.63, 3.8) is 0 Å². The number of benzene rings is 1. The fourth-order valence-electron chi connectivity index (χ4n) is 3.01. The van der Waals surface area contributed by atoms with Gasteiger partial charge in [-0.25, -0.2) is 4.98 Å². The summed E-state index contributed by atoms with van der Waals surface area (Å²) in [6.07, 6.45) is 6.85. The molecule has 1 heterocycles. The molecule has 0 spiro atoms. The third kappa shape index (κ3) is 5.12. The number of nitrogens with one attached hydrogen (secondary N) is 2. The topological polar surface area (TPSA) is 67.8 Å². The Morgan fingerprint density at radius 1 is 1.19 bits per heavy atom. The van der Waals surface area contributed by atoms with Crippen LogP contribution in [0.3, 0.4) is 0 Å². The van der Waals surface area contributed by atoms with Crippen LogP contribution in [0.2, 0.25) is 0 Å². The van der Waals surface area contributed by atoms with E-state index in [0.29, 0.717) is 24.2 Å². The standard InChI is InChI=1S/C20H26N4O2/c1-21-20(24-16-6-3-4-7-16)23-14-15-10-11-19(22-13-15)26-18-9-5-8-17(12-18)25-2/h5,8-13,16H,3-4,6-7,14H2,1-2H3,(H2,21,23,24). The highest BCUT2D eigenvalue weighted by molar-refractivity contribution is 5.79. The lowest BCUT2D eigenvalue weighted by molar-refractivity contribution is 0.407. The van der Waals surface area contributed by atoms with Gasteiger partial charge in [-0.05, 0) is 30.5 Å². The molecular weight excluding hydrogens is 328 g/mol. The van der Waals surface area contributed by atoms with Gasteiger partial charge in [0.2, 0.25) is 5.88 Å². The Kier molecular flexibility index (Phi) is 6.30. The summed E-state index contributed by atoms with van der Waals surface area (Å²) < 4.78 is 11.0. The van der Waals surface area contributed by atoms with E-state index in [4.69, 9.17) is 9.47 Å². The van der Waals surface area contributed by atoms with Gasteiger partial charge in [-0.1, -0.05) is 25.0 Å². The van der Waals surface area contributed by atoms with Gasteiger partial charge in [0.05, 0.1) is 7.11 Å². The van der Waals surface area contributed by atoms with E-state index in [1.54, 1.807) is 14.2 Å². The highest BCUT2D eigenvalue weighted by atomic mass is 16.5. The molecule has 0 bridgehead atoms. The number of methoxy groups -OCH3 is 1. The lowest BCUT2D eigenvalue weighted by Crippen LogP contribution is -2.41. The maximum absolute atomic E-state index is 5.76. The predicted octanol–water partition coefficient (Wildman–Crippen LogP) is 3.49. The number of rotatable bonds is 6. The first-order valence-electron chi connectivity index (χ1n) is 9.01. The molecule has 1 fully saturated rings. The first-order chi connectivity index (χ1) is 12.8. The van der Waals surface area contributed by atoms with E-state index in [1.165, 1.54) is 25.7 Å². The minimum Gasteiger partial charge on any atom is -0.497 e. The van der Waals surface area contributed by atoms with Crippen LogP contribution in [0.25, 0.3) is 0 Å². The molecule has 0 radical (unpaired) electrons. The second-order valence-electron chi connectivity index (χ2n) is 6.34. The van der Waals surface area contributed by atoms with E-state index in [1.807, 2.05) is 42.6 Å². The van der Waals surface area contributed by atoms with Crippen molar-refractivity contribution in [3.05, 3.63) is 48.2 Å². The van der Waals surface area contributed by atoms with E-state index in [0.717, 1.165) is 17.3 Å². The molecule has 0 amide bonds. The van der Waals surface area contributed by atoms with E-state index >= 15 is 0 Å². The summed E-state index contributed by atoms with van der Waals surface area (Å²) in [7, 11) is 3.43. The Labute approximate surface area is 154 Å². The molecule has 26 heavy (non-hydrogen) atoms. The Morgan fingerprint density at radius 3 is 2.69 bits per heavy atom. The molecule has 6 nitrogen and oxygen atoms in total. The molecule has 0 saturated heterocycles. The smallest absolute Gasteiger partial charge is 0.219 e. The average Bonchev–Trinajstić information content (AvgIpc) is 3.19. The quantitative estimate of drug-likeness (QED) is 0.614. The number of guanidine groups is 1. The fraction of sp³-hybridized carbons (Fsp3) is 0.400. The molecule has 3 rings (SSSR count). The SMILES string of the molecule is CN=C(NCc1ccc(Oc2cccc(OC)c2)nc1)NC1CCCC1. The van der Waals surface area contributed by atoms with Crippen LogP contribution >= 0.6 is 0 Å². The fourth-order valence-corrected chi connectivity index (χ4v) is 3.01. The predicted molar refractivity (Wildman–Crippen MR) is 103 cm³/mol. The van der Waals surface area contributed by atoms with E-state index in [9.17, 15) is 0 Å². The van der Waals surface area contributed by atoms with E-state index in [2.05, 4.69) is 20.6 Å². The van der Waals surface area contributed by atoms with Gasteiger partial charge in [0.15, 0.2) is 5.96 Å². The summed E-state index contributed by atoms with van der Waals surface area (Å²) in [6.45, 7) is 0.666. The highest BCUT2D eigenvalue weighted by Gasteiger charge is 2.15. The van der Waals surface area contributed by atoms with Crippen LogP contribution in [-0.2, 0) is 6.54 Å². The molecule has 2 aromatic rings. The van der Waals surface area contributed by atoms with Crippen LogP contribution in [0.4, 0.5) is 0 Å². The Balaban J connectivity index is 1.52. The maximum Gasteiger partial charge on any atom is 0.219 e. The van der Waals surface area contributed by atoms with Crippen molar-refractivity contribution in [1.82, 2.24) is 15.6 Å². The minimum absolute atomic E-state index is 0.540. The van der Waals surface area contributed by atoms with Gasteiger partial charge in [0.1, 0.15) is 11.5 Å². The zero-order valence-corrected chi connectivity index (χ0v) is 15.4. The van der Waals surface area contributed by atoms with Crippen LogP contribution in [0.15, 0.2) is 47.6 Å². The van der Waals surface area contributed by atoms with Crippen molar-refractivity contribution >= 4 is 5.96 Å². The van der Waals surface area contributed by atoms with Crippen LogP contribution in [0, 0.1) is 0 Å². The number of aromatic nitrogens is 1. The number of hydrogen-bond donors (Lipinski definition) is 2. The lowest BCUT2D eigenvalue weighted by atomic mass is 10.2. The Morgan fingerprint density at radius 2 is 2.00 bits per heavy atom. The van der Waals surface area contributed by atoms with Crippen molar-refractivity contribution in [2.45, 2.75) is 38.3 Å². The molecule has 1 aromatic carbocycles. The van der Waals surface area contributed by atoms with E-state index < -0.39 is 0 Å².